The molecule has 8 nitrogen and oxygen atoms in total. The Morgan fingerprint density at radius 1 is 1.26 bits per heavy atom. The first-order chi connectivity index (χ1) is 12.8. The zero-order valence-corrected chi connectivity index (χ0v) is 16.3. The Morgan fingerprint density at radius 2 is 1.96 bits per heavy atom. The normalized spacial score (nSPS) is 16.7. The lowest BCUT2D eigenvalue weighted by Gasteiger charge is -2.36. The van der Waals surface area contributed by atoms with Gasteiger partial charge < -0.3 is 14.5 Å². The number of carbonyl (C=O) groups excluding carboxylic acids is 2. The minimum Gasteiger partial charge on any atom is -0.444 e. The van der Waals surface area contributed by atoms with Gasteiger partial charge in [-0.05, 0) is 27.7 Å². The summed E-state index contributed by atoms with van der Waals surface area (Å²) in [7, 11) is 0. The Balaban J connectivity index is 1.78. The number of fused-ring (bicyclic) bond motifs is 1. The van der Waals surface area contributed by atoms with Crippen LogP contribution in [-0.4, -0.2) is 70.9 Å². The van der Waals surface area contributed by atoms with Gasteiger partial charge in [0.15, 0.2) is 0 Å². The zero-order valence-electron chi connectivity index (χ0n) is 16.3. The molecule has 0 unspecified atom stereocenters. The fraction of sp³-hybridized carbons (Fsp3) is 0.579. The molecule has 1 fully saturated rings. The van der Waals surface area contributed by atoms with Gasteiger partial charge in [0.2, 0.25) is 11.7 Å². The van der Waals surface area contributed by atoms with E-state index in [1.165, 1.54) is 0 Å². The number of carbonyl (C=O) groups is 2. The summed E-state index contributed by atoms with van der Waals surface area (Å²) >= 11 is 0. The standard InChI is InChI=1S/C19H25N5O3/c1-5-6-7-24-16-14(12-20-13-15(16)25)21-17(24)22-8-10-23(11-9-22)18(26)27-19(2,3)4/h12H,7-11,13H2,1-4H3. The van der Waals surface area contributed by atoms with Crippen LogP contribution in [0.5, 0.6) is 0 Å². The van der Waals surface area contributed by atoms with Crippen LogP contribution < -0.4 is 4.90 Å². The van der Waals surface area contributed by atoms with Gasteiger partial charge in [-0.1, -0.05) is 5.92 Å². The molecule has 144 valence electrons. The molecule has 27 heavy (non-hydrogen) atoms. The highest BCUT2D eigenvalue weighted by atomic mass is 16.6. The van der Waals surface area contributed by atoms with Gasteiger partial charge in [-0.3, -0.25) is 14.4 Å². The van der Waals surface area contributed by atoms with E-state index in [2.05, 4.69) is 26.7 Å². The van der Waals surface area contributed by atoms with Crippen molar-refractivity contribution in [2.45, 2.75) is 39.8 Å². The summed E-state index contributed by atoms with van der Waals surface area (Å²) in [4.78, 5) is 37.1. The number of imidazole rings is 1. The molecule has 8 heteroatoms. The number of nitrogens with zero attached hydrogens (tertiary/aromatic N) is 5. The van der Waals surface area contributed by atoms with Gasteiger partial charge in [-0.15, -0.1) is 5.92 Å². The summed E-state index contributed by atoms with van der Waals surface area (Å²) in [6.45, 7) is 10.2. The maximum absolute atomic E-state index is 12.3. The van der Waals surface area contributed by atoms with Gasteiger partial charge in [0, 0.05) is 32.4 Å². The largest absolute Gasteiger partial charge is 0.444 e. The second-order valence-electron chi connectivity index (χ2n) is 7.51. The monoisotopic (exact) mass is 371 g/mol. The van der Waals surface area contributed by atoms with Crippen molar-refractivity contribution in [3.63, 3.8) is 0 Å². The summed E-state index contributed by atoms with van der Waals surface area (Å²) in [6.07, 6.45) is 1.34. The van der Waals surface area contributed by atoms with Crippen molar-refractivity contribution in [3.8, 4) is 11.8 Å². The summed E-state index contributed by atoms with van der Waals surface area (Å²) in [5.41, 5.74) is 0.647. The topological polar surface area (TPSA) is 80.0 Å². The van der Waals surface area contributed by atoms with Crippen LogP contribution in [0.2, 0.25) is 0 Å². The van der Waals surface area contributed by atoms with Crippen molar-refractivity contribution in [1.82, 2.24) is 14.5 Å². The number of hydrogen-bond acceptors (Lipinski definition) is 6. The maximum atomic E-state index is 12.3. The highest BCUT2D eigenvalue weighted by Gasteiger charge is 2.30. The number of aliphatic imine (C=N–C) groups is 1. The third kappa shape index (κ3) is 4.13. The molecule has 0 aliphatic carbocycles. The molecule has 0 radical (unpaired) electrons. The Hall–Kier alpha value is -2.82. The van der Waals surface area contributed by atoms with Crippen LogP contribution in [0.25, 0.3) is 0 Å². The molecule has 0 aromatic carbocycles. The first-order valence-corrected chi connectivity index (χ1v) is 9.06. The number of ketones is 1. The minimum absolute atomic E-state index is 0.0449. The third-order valence-electron chi connectivity index (χ3n) is 4.32. The second kappa shape index (κ2) is 7.43. The molecular weight excluding hydrogens is 346 g/mol. The molecule has 2 aliphatic rings. The van der Waals surface area contributed by atoms with E-state index in [0.29, 0.717) is 50.1 Å². The lowest BCUT2D eigenvalue weighted by molar-refractivity contribution is 0.0240. The minimum atomic E-state index is -0.512. The van der Waals surface area contributed by atoms with Crippen LogP contribution in [0, 0.1) is 11.8 Å². The number of hydrogen-bond donors (Lipinski definition) is 0. The number of rotatable bonds is 2. The van der Waals surface area contributed by atoms with Gasteiger partial charge in [0.25, 0.3) is 0 Å². The molecule has 3 heterocycles. The van der Waals surface area contributed by atoms with E-state index in [1.807, 2.05) is 25.3 Å². The maximum Gasteiger partial charge on any atom is 0.410 e. The van der Waals surface area contributed by atoms with Crippen LogP contribution in [0.15, 0.2) is 4.99 Å². The van der Waals surface area contributed by atoms with Gasteiger partial charge in [-0.25, -0.2) is 9.78 Å². The van der Waals surface area contributed by atoms with Crippen LogP contribution in [0.1, 0.15) is 43.9 Å². The lowest BCUT2D eigenvalue weighted by Crippen LogP contribution is -2.50. The predicted octanol–water partition coefficient (Wildman–Crippen LogP) is 1.58. The van der Waals surface area contributed by atoms with E-state index in [0.717, 1.165) is 0 Å². The van der Waals surface area contributed by atoms with Crippen LogP contribution in [-0.2, 0) is 11.3 Å². The average Bonchev–Trinajstić information content (AvgIpc) is 2.98. The smallest absolute Gasteiger partial charge is 0.410 e. The average molecular weight is 371 g/mol. The molecule has 2 aliphatic heterocycles. The van der Waals surface area contributed by atoms with E-state index in [4.69, 9.17) is 4.74 Å². The molecule has 0 bridgehead atoms. The first-order valence-electron chi connectivity index (χ1n) is 9.06. The second-order valence-corrected chi connectivity index (χ2v) is 7.51. The Labute approximate surface area is 159 Å². The number of anilines is 1. The summed E-state index contributed by atoms with van der Waals surface area (Å²) < 4.78 is 7.31. The lowest BCUT2D eigenvalue weighted by atomic mass is 10.2. The predicted molar refractivity (Wildman–Crippen MR) is 102 cm³/mol. The quantitative estimate of drug-likeness (QED) is 0.738. The molecule has 0 N–H and O–H groups in total. The van der Waals surface area contributed by atoms with Crippen LogP contribution >= 0.6 is 0 Å². The molecule has 1 aromatic heterocycles. The molecule has 1 saturated heterocycles. The number of Topliss-reactive ketones (excluding diaryl/α,β-unsaturated/α-hetero) is 1. The van der Waals surface area contributed by atoms with E-state index in [9.17, 15) is 9.59 Å². The van der Waals surface area contributed by atoms with Gasteiger partial charge in [0.05, 0.1) is 6.54 Å². The van der Waals surface area contributed by atoms with Crippen LogP contribution in [0.3, 0.4) is 0 Å². The van der Waals surface area contributed by atoms with Gasteiger partial charge in [-0.2, -0.15) is 0 Å². The van der Waals surface area contributed by atoms with E-state index in [1.54, 1.807) is 18.0 Å². The number of piperazine rings is 1. The van der Waals surface area contributed by atoms with Gasteiger partial charge >= 0.3 is 6.09 Å². The van der Waals surface area contributed by atoms with Crippen molar-refractivity contribution in [1.29, 1.82) is 0 Å². The molecule has 1 aromatic rings. The number of ether oxygens (including phenoxy) is 1. The molecular formula is C19H25N5O3. The number of amides is 1. The fourth-order valence-electron chi connectivity index (χ4n) is 3.10. The van der Waals surface area contributed by atoms with E-state index < -0.39 is 5.60 Å². The SMILES string of the molecule is CC#CCn1c(N2CCN(C(=O)OC(C)(C)C)CC2)nc2c1C(=O)CN=C2. The Morgan fingerprint density at radius 3 is 2.59 bits per heavy atom. The van der Waals surface area contributed by atoms with Crippen LogP contribution in [0.4, 0.5) is 10.7 Å². The fourth-order valence-corrected chi connectivity index (χ4v) is 3.10. The van der Waals surface area contributed by atoms with E-state index >= 15 is 0 Å². The summed E-state index contributed by atoms with van der Waals surface area (Å²) in [5.74, 6) is 6.55. The Kier molecular flexibility index (Phi) is 5.22. The summed E-state index contributed by atoms with van der Waals surface area (Å²) in [6, 6.07) is 0. The highest BCUT2D eigenvalue weighted by molar-refractivity contribution is 6.06. The van der Waals surface area contributed by atoms with Crippen molar-refractivity contribution < 1.29 is 14.3 Å². The van der Waals surface area contributed by atoms with Crippen molar-refractivity contribution in [3.05, 3.63) is 11.4 Å². The zero-order chi connectivity index (χ0) is 19.6. The number of aromatic nitrogens is 2. The molecule has 3 rings (SSSR count). The van der Waals surface area contributed by atoms with Gasteiger partial charge in [0.1, 0.15) is 23.5 Å². The van der Waals surface area contributed by atoms with Crippen molar-refractivity contribution in [2.24, 2.45) is 4.99 Å². The van der Waals surface area contributed by atoms with E-state index in [-0.39, 0.29) is 18.4 Å². The first kappa shape index (κ1) is 19.0. The van der Waals surface area contributed by atoms with Crippen molar-refractivity contribution >= 4 is 24.0 Å². The Bertz CT molecular complexity index is 830. The highest BCUT2D eigenvalue weighted by Crippen LogP contribution is 2.23. The molecule has 1 amide bonds. The van der Waals surface area contributed by atoms with Crippen molar-refractivity contribution in [2.75, 3.05) is 37.6 Å². The molecule has 0 spiro atoms. The summed E-state index contributed by atoms with van der Waals surface area (Å²) in [5, 5.41) is 0. The third-order valence-corrected chi connectivity index (χ3v) is 4.32. The molecule has 0 atom stereocenters. The molecule has 0 saturated carbocycles.